The Balaban J connectivity index is 0.000000104. The molecule has 2 aliphatic carbocycles. The zero-order valence-electron chi connectivity index (χ0n) is 8.35. The predicted octanol–water partition coefficient (Wildman–Crippen LogP) is 4.26. The van der Waals surface area contributed by atoms with Crippen molar-refractivity contribution in [2.75, 3.05) is 0 Å². The van der Waals surface area contributed by atoms with Crippen LogP contribution in [0.15, 0.2) is 57.7 Å². The molecule has 0 unspecified atom stereocenters. The largest absolute Gasteiger partial charge is 0.443 e. The average Bonchev–Trinajstić information content (AvgIpc) is 2.84. The van der Waals surface area contributed by atoms with E-state index in [0.29, 0.717) is 0 Å². The number of hydrogen-bond donors (Lipinski definition) is 0. The normalized spacial score (nSPS) is 10.8. The highest BCUT2D eigenvalue weighted by atomic mass is 79.9. The molecule has 0 N–H and O–H groups in total. The lowest BCUT2D eigenvalue weighted by molar-refractivity contribution is 0.602. The van der Waals surface area contributed by atoms with Crippen molar-refractivity contribution >= 4 is 27.0 Å². The highest BCUT2D eigenvalue weighted by Crippen LogP contribution is 2.47. The molecule has 2 aliphatic rings. The van der Waals surface area contributed by atoms with Crippen molar-refractivity contribution in [3.63, 3.8) is 0 Å². The molecule has 0 radical (unpaired) electrons. The molecule has 1 aromatic carbocycles. The Labute approximate surface area is 101 Å². The first kappa shape index (κ1) is 9.60. The van der Waals surface area contributed by atoms with Crippen molar-refractivity contribution in [3.05, 3.63) is 53.3 Å². The number of nitrogens with zero attached hydrogens (tertiary/aromatic N) is 1. The first-order valence-electron chi connectivity index (χ1n) is 4.93. The third-order valence-corrected chi connectivity index (χ3v) is 3.32. The maximum absolute atomic E-state index is 5.01. The van der Waals surface area contributed by atoms with Crippen LogP contribution in [0, 0.1) is 0 Å². The minimum atomic E-state index is 0.845. The van der Waals surface area contributed by atoms with Gasteiger partial charge in [-0.3, -0.25) is 0 Å². The first-order valence-corrected chi connectivity index (χ1v) is 5.72. The molecule has 0 atom stereocenters. The topological polar surface area (TPSA) is 26.0 Å². The molecular formula is C13H8BrNO. The summed E-state index contributed by atoms with van der Waals surface area (Å²) in [6, 6.07) is 14.0. The summed E-state index contributed by atoms with van der Waals surface area (Å²) in [6.45, 7) is 0. The fraction of sp³-hybridized carbons (Fsp3) is 0. The zero-order valence-corrected chi connectivity index (χ0v) is 9.94. The molecule has 78 valence electrons. The van der Waals surface area contributed by atoms with Crippen LogP contribution in [-0.2, 0) is 0 Å². The van der Waals surface area contributed by atoms with Crippen LogP contribution in [0.4, 0.5) is 0 Å². The zero-order chi connectivity index (χ0) is 11.0. The summed E-state index contributed by atoms with van der Waals surface area (Å²) in [5.41, 5.74) is 4.54. The molecule has 16 heavy (non-hydrogen) atoms. The van der Waals surface area contributed by atoms with E-state index in [4.69, 9.17) is 4.42 Å². The van der Waals surface area contributed by atoms with Gasteiger partial charge in [0.25, 0.3) is 0 Å². The molecule has 0 amide bonds. The predicted molar refractivity (Wildman–Crippen MR) is 67.1 cm³/mol. The van der Waals surface area contributed by atoms with Gasteiger partial charge in [0.1, 0.15) is 5.52 Å². The van der Waals surface area contributed by atoms with Gasteiger partial charge in [-0.2, -0.15) is 0 Å². The van der Waals surface area contributed by atoms with Crippen molar-refractivity contribution in [2.45, 2.75) is 0 Å². The van der Waals surface area contributed by atoms with Crippen LogP contribution < -0.4 is 0 Å². The van der Waals surface area contributed by atoms with Gasteiger partial charge in [-0.1, -0.05) is 30.3 Å². The summed E-state index contributed by atoms with van der Waals surface area (Å²) >= 11 is 3.39. The molecule has 2 nitrogen and oxygen atoms in total. The van der Waals surface area contributed by atoms with Gasteiger partial charge in [0.15, 0.2) is 12.0 Å². The van der Waals surface area contributed by atoms with Crippen molar-refractivity contribution < 1.29 is 4.42 Å². The van der Waals surface area contributed by atoms with Crippen LogP contribution in [0.25, 0.3) is 22.2 Å². The number of benzene rings is 2. The second-order valence-electron chi connectivity index (χ2n) is 3.49. The van der Waals surface area contributed by atoms with Gasteiger partial charge in [-0.25, -0.2) is 4.98 Å². The van der Waals surface area contributed by atoms with E-state index in [2.05, 4.69) is 39.1 Å². The van der Waals surface area contributed by atoms with Crippen molar-refractivity contribution in [1.82, 2.24) is 4.98 Å². The molecule has 1 aromatic heterocycles. The second kappa shape index (κ2) is 3.76. The summed E-state index contributed by atoms with van der Waals surface area (Å²) in [5, 5.41) is 0. The number of fused-ring (bicyclic) bond motifs is 2. The lowest BCUT2D eigenvalue weighted by Crippen LogP contribution is -1.61. The summed E-state index contributed by atoms with van der Waals surface area (Å²) in [5.74, 6) is 0. The van der Waals surface area contributed by atoms with Gasteiger partial charge in [-0.05, 0) is 39.2 Å². The Kier molecular flexibility index (Phi) is 2.26. The van der Waals surface area contributed by atoms with Crippen LogP contribution in [0.3, 0.4) is 0 Å². The Bertz CT molecular complexity index is 595. The number of hydrogen-bond acceptors (Lipinski definition) is 2. The molecule has 1 heterocycles. The smallest absolute Gasteiger partial charge is 0.181 e. The molecular weight excluding hydrogens is 266 g/mol. The third-order valence-electron chi connectivity index (χ3n) is 2.46. The molecule has 4 rings (SSSR count). The van der Waals surface area contributed by atoms with E-state index in [1.807, 2.05) is 24.3 Å². The monoisotopic (exact) mass is 273 g/mol. The molecule has 0 saturated heterocycles. The van der Waals surface area contributed by atoms with Crippen LogP contribution in [0.1, 0.15) is 0 Å². The van der Waals surface area contributed by atoms with Crippen molar-refractivity contribution in [3.8, 4) is 11.1 Å². The summed E-state index contributed by atoms with van der Waals surface area (Å²) in [4.78, 5) is 3.95. The highest BCUT2D eigenvalue weighted by Gasteiger charge is 2.19. The van der Waals surface area contributed by atoms with E-state index >= 15 is 0 Å². The molecule has 0 bridgehead atoms. The minimum absolute atomic E-state index is 0.845. The molecule has 0 fully saturated rings. The number of halogens is 1. The van der Waals surface area contributed by atoms with Crippen LogP contribution in [0.5, 0.6) is 0 Å². The molecule has 2 aromatic rings. The number of oxazole rings is 1. The lowest BCUT2D eigenvalue weighted by Gasteiger charge is -1.79. The maximum atomic E-state index is 5.01. The van der Waals surface area contributed by atoms with Gasteiger partial charge in [0, 0.05) is 4.47 Å². The summed E-state index contributed by atoms with van der Waals surface area (Å²) in [7, 11) is 0. The lowest BCUT2D eigenvalue weighted by atomic mass is 10.3. The number of para-hydroxylation sites is 2. The van der Waals surface area contributed by atoms with Crippen molar-refractivity contribution in [1.29, 1.82) is 0 Å². The van der Waals surface area contributed by atoms with Gasteiger partial charge < -0.3 is 4.42 Å². The minimum Gasteiger partial charge on any atom is -0.443 e. The van der Waals surface area contributed by atoms with E-state index < -0.39 is 0 Å². The van der Waals surface area contributed by atoms with E-state index in [1.54, 1.807) is 0 Å². The number of rotatable bonds is 0. The van der Waals surface area contributed by atoms with Crippen LogP contribution >= 0.6 is 15.9 Å². The molecule has 3 heteroatoms. The van der Waals surface area contributed by atoms with Crippen molar-refractivity contribution in [2.24, 2.45) is 0 Å². The van der Waals surface area contributed by atoms with Gasteiger partial charge in [-0.15, -0.1) is 0 Å². The van der Waals surface area contributed by atoms with E-state index in [-0.39, 0.29) is 0 Å². The molecule has 0 saturated carbocycles. The standard InChI is InChI=1S/C7H5NO.C6H3Br/c1-2-4-7-6(3-1)8-5-9-7;7-6-4-2-1-3-5(4)6/h1-5H;1-3H. The Morgan fingerprint density at radius 3 is 2.31 bits per heavy atom. The van der Waals surface area contributed by atoms with E-state index in [9.17, 15) is 0 Å². The number of aromatic nitrogens is 1. The molecule has 0 aliphatic heterocycles. The SMILES string of the molecule is Brc1c2cccc1-2.c1ccc2ocnc2c1. The fourth-order valence-electron chi connectivity index (χ4n) is 1.56. The second-order valence-corrected chi connectivity index (χ2v) is 4.28. The molecule has 0 spiro atoms. The van der Waals surface area contributed by atoms with Gasteiger partial charge in [0.2, 0.25) is 0 Å². The highest BCUT2D eigenvalue weighted by molar-refractivity contribution is 9.11. The fourth-order valence-corrected chi connectivity index (χ4v) is 2.15. The van der Waals surface area contributed by atoms with Gasteiger partial charge in [0.05, 0.1) is 0 Å². The Hall–Kier alpha value is -1.61. The summed E-state index contributed by atoms with van der Waals surface area (Å²) in [6.07, 6.45) is 1.45. The summed E-state index contributed by atoms with van der Waals surface area (Å²) < 4.78 is 6.31. The van der Waals surface area contributed by atoms with E-state index in [1.165, 1.54) is 22.0 Å². The average molecular weight is 274 g/mol. The van der Waals surface area contributed by atoms with Crippen LogP contribution in [-0.4, -0.2) is 4.98 Å². The van der Waals surface area contributed by atoms with Crippen LogP contribution in [0.2, 0.25) is 0 Å². The first-order chi connectivity index (χ1) is 7.86. The third kappa shape index (κ3) is 1.63. The Morgan fingerprint density at radius 1 is 0.938 bits per heavy atom. The maximum Gasteiger partial charge on any atom is 0.181 e. The Morgan fingerprint density at radius 2 is 1.69 bits per heavy atom. The van der Waals surface area contributed by atoms with E-state index in [0.717, 1.165) is 11.1 Å². The quantitative estimate of drug-likeness (QED) is 0.479. The van der Waals surface area contributed by atoms with Gasteiger partial charge >= 0.3 is 0 Å².